The van der Waals surface area contributed by atoms with Crippen LogP contribution in [-0.2, 0) is 6.18 Å². The summed E-state index contributed by atoms with van der Waals surface area (Å²) >= 11 is 0. The van der Waals surface area contributed by atoms with Crippen molar-refractivity contribution >= 4 is 11.7 Å². The Balaban J connectivity index is 1.85. The lowest BCUT2D eigenvalue weighted by Gasteiger charge is -2.44. The maximum Gasteiger partial charge on any atom is 0.417 e. The third-order valence-corrected chi connectivity index (χ3v) is 4.56. The first-order chi connectivity index (χ1) is 12.3. The minimum Gasteiger partial charge on any atom is -0.349 e. The fraction of sp³-hybridized carbons (Fsp3) is 0.389. The number of halogens is 3. The number of amides is 1. The molecule has 8 heteroatoms. The van der Waals surface area contributed by atoms with Crippen LogP contribution in [0.4, 0.5) is 19.0 Å². The van der Waals surface area contributed by atoms with Crippen LogP contribution in [0.1, 0.15) is 29.8 Å². The maximum absolute atomic E-state index is 13.2. The third-order valence-electron chi connectivity index (χ3n) is 4.56. The lowest BCUT2D eigenvalue weighted by molar-refractivity contribution is -0.138. The number of benzene rings is 1. The van der Waals surface area contributed by atoms with Crippen LogP contribution in [0.25, 0.3) is 0 Å². The summed E-state index contributed by atoms with van der Waals surface area (Å²) in [6, 6.07) is 8.16. The lowest BCUT2D eigenvalue weighted by Crippen LogP contribution is -2.58. The van der Waals surface area contributed by atoms with Gasteiger partial charge in [0.15, 0.2) is 5.82 Å². The largest absolute Gasteiger partial charge is 0.417 e. The smallest absolute Gasteiger partial charge is 0.349 e. The van der Waals surface area contributed by atoms with Crippen molar-refractivity contribution in [3.05, 3.63) is 53.7 Å². The second kappa shape index (κ2) is 6.93. The standard InChI is InChI=1S/C18H19F3N4O/c1-12-11-25(13(2)10-24(12)16-8-5-9-22-23-16)17(26)14-6-3-4-7-15(14)18(19,20)21/h3-9,12-13H,10-11H2,1-2H3. The summed E-state index contributed by atoms with van der Waals surface area (Å²) in [7, 11) is 0. The van der Waals surface area contributed by atoms with E-state index in [9.17, 15) is 18.0 Å². The molecule has 2 heterocycles. The molecule has 1 aromatic heterocycles. The van der Waals surface area contributed by atoms with E-state index in [1.165, 1.54) is 23.1 Å². The zero-order chi connectivity index (χ0) is 18.9. The van der Waals surface area contributed by atoms with Crippen LogP contribution >= 0.6 is 0 Å². The highest BCUT2D eigenvalue weighted by Gasteiger charge is 2.39. The molecule has 3 rings (SSSR count). The highest BCUT2D eigenvalue weighted by atomic mass is 19.4. The van der Waals surface area contributed by atoms with Crippen molar-refractivity contribution < 1.29 is 18.0 Å². The van der Waals surface area contributed by atoms with Crippen molar-refractivity contribution in [3.63, 3.8) is 0 Å². The van der Waals surface area contributed by atoms with E-state index in [4.69, 9.17) is 0 Å². The molecule has 1 amide bonds. The van der Waals surface area contributed by atoms with E-state index in [-0.39, 0.29) is 17.6 Å². The number of aromatic nitrogens is 2. The number of hydrogen-bond acceptors (Lipinski definition) is 4. The number of carbonyl (C=O) groups is 1. The molecule has 0 bridgehead atoms. The van der Waals surface area contributed by atoms with Gasteiger partial charge in [-0.25, -0.2) is 0 Å². The van der Waals surface area contributed by atoms with Crippen LogP contribution in [0.2, 0.25) is 0 Å². The van der Waals surface area contributed by atoms with Gasteiger partial charge in [-0.05, 0) is 38.1 Å². The minimum atomic E-state index is -4.57. The monoisotopic (exact) mass is 364 g/mol. The summed E-state index contributed by atoms with van der Waals surface area (Å²) in [4.78, 5) is 16.4. The van der Waals surface area contributed by atoms with E-state index in [1.54, 1.807) is 12.3 Å². The van der Waals surface area contributed by atoms with Gasteiger partial charge >= 0.3 is 6.18 Å². The molecule has 2 aromatic rings. The first-order valence-corrected chi connectivity index (χ1v) is 8.30. The van der Waals surface area contributed by atoms with Crippen LogP contribution in [0, 0.1) is 0 Å². The molecule has 0 aliphatic carbocycles. The van der Waals surface area contributed by atoms with Crippen LogP contribution < -0.4 is 4.90 Å². The summed E-state index contributed by atoms with van der Waals surface area (Å²) in [6.45, 7) is 4.52. The van der Waals surface area contributed by atoms with Crippen LogP contribution in [0.3, 0.4) is 0 Å². The normalized spacial score (nSPS) is 21.0. The highest BCUT2D eigenvalue weighted by molar-refractivity contribution is 5.96. The molecular formula is C18H19F3N4O. The van der Waals surface area contributed by atoms with Gasteiger partial charge in [-0.3, -0.25) is 4.79 Å². The van der Waals surface area contributed by atoms with Crippen LogP contribution in [-0.4, -0.2) is 46.2 Å². The number of nitrogens with zero attached hydrogens (tertiary/aromatic N) is 4. The molecule has 1 aromatic carbocycles. The number of carbonyl (C=O) groups excluding carboxylic acids is 1. The van der Waals surface area contributed by atoms with Crippen molar-refractivity contribution in [2.24, 2.45) is 0 Å². The molecule has 2 unspecified atom stereocenters. The second-order valence-corrected chi connectivity index (χ2v) is 6.43. The average Bonchev–Trinajstić information content (AvgIpc) is 2.62. The molecule has 1 fully saturated rings. The van der Waals surface area contributed by atoms with Gasteiger partial charge in [0.25, 0.3) is 5.91 Å². The van der Waals surface area contributed by atoms with Crippen molar-refractivity contribution in [1.29, 1.82) is 0 Å². The van der Waals surface area contributed by atoms with Gasteiger partial charge in [0.05, 0.1) is 11.1 Å². The SMILES string of the molecule is CC1CN(c2cccnn2)C(C)CN1C(=O)c1ccccc1C(F)(F)F. The van der Waals surface area contributed by atoms with Crippen molar-refractivity contribution in [2.45, 2.75) is 32.1 Å². The summed E-state index contributed by atoms with van der Waals surface area (Å²) in [5, 5.41) is 7.95. The number of piperazine rings is 1. The van der Waals surface area contributed by atoms with Crippen molar-refractivity contribution in [2.75, 3.05) is 18.0 Å². The van der Waals surface area contributed by atoms with E-state index in [1.807, 2.05) is 24.8 Å². The third kappa shape index (κ3) is 3.49. The maximum atomic E-state index is 13.2. The number of rotatable bonds is 2. The Hall–Kier alpha value is -2.64. The Morgan fingerprint density at radius 1 is 1.08 bits per heavy atom. The quantitative estimate of drug-likeness (QED) is 0.821. The van der Waals surface area contributed by atoms with E-state index in [0.29, 0.717) is 18.9 Å². The van der Waals surface area contributed by atoms with Gasteiger partial charge in [-0.1, -0.05) is 12.1 Å². The Morgan fingerprint density at radius 3 is 2.46 bits per heavy atom. The molecule has 2 atom stereocenters. The molecule has 138 valence electrons. The Labute approximate surface area is 149 Å². The number of anilines is 1. The second-order valence-electron chi connectivity index (χ2n) is 6.43. The summed E-state index contributed by atoms with van der Waals surface area (Å²) in [6.07, 6.45) is -2.99. The zero-order valence-electron chi connectivity index (χ0n) is 14.4. The molecule has 0 spiro atoms. The molecule has 0 radical (unpaired) electrons. The first kappa shape index (κ1) is 18.2. The molecule has 1 aliphatic heterocycles. The van der Waals surface area contributed by atoms with Gasteiger partial charge in [0.1, 0.15) is 0 Å². The first-order valence-electron chi connectivity index (χ1n) is 8.30. The zero-order valence-corrected chi connectivity index (χ0v) is 14.4. The minimum absolute atomic E-state index is 0.0927. The Bertz CT molecular complexity index is 782. The summed E-state index contributed by atoms with van der Waals surface area (Å²) in [5.74, 6) is 0.0886. The van der Waals surface area contributed by atoms with Crippen molar-refractivity contribution in [1.82, 2.24) is 15.1 Å². The predicted octanol–water partition coefficient (Wildman–Crippen LogP) is 3.23. The molecule has 26 heavy (non-hydrogen) atoms. The molecule has 0 N–H and O–H groups in total. The Morgan fingerprint density at radius 2 is 1.81 bits per heavy atom. The fourth-order valence-electron chi connectivity index (χ4n) is 3.25. The van der Waals surface area contributed by atoms with Gasteiger partial charge in [-0.15, -0.1) is 5.10 Å². The van der Waals surface area contributed by atoms with Gasteiger partial charge < -0.3 is 9.80 Å². The van der Waals surface area contributed by atoms with E-state index in [2.05, 4.69) is 10.2 Å². The summed E-state index contributed by atoms with van der Waals surface area (Å²) in [5.41, 5.74) is -1.21. The predicted molar refractivity (Wildman–Crippen MR) is 90.8 cm³/mol. The van der Waals surface area contributed by atoms with Gasteiger partial charge in [0.2, 0.25) is 0 Å². The molecule has 1 saturated heterocycles. The highest BCUT2D eigenvalue weighted by Crippen LogP contribution is 2.33. The average molecular weight is 364 g/mol. The topological polar surface area (TPSA) is 49.3 Å². The lowest BCUT2D eigenvalue weighted by atomic mass is 10.0. The van der Waals surface area contributed by atoms with E-state index < -0.39 is 17.6 Å². The van der Waals surface area contributed by atoms with Gasteiger partial charge in [0, 0.05) is 31.4 Å². The fourth-order valence-corrected chi connectivity index (χ4v) is 3.25. The van der Waals surface area contributed by atoms with Crippen LogP contribution in [0.15, 0.2) is 42.6 Å². The molecule has 5 nitrogen and oxygen atoms in total. The molecular weight excluding hydrogens is 345 g/mol. The van der Waals surface area contributed by atoms with Crippen molar-refractivity contribution in [3.8, 4) is 0 Å². The van der Waals surface area contributed by atoms with Gasteiger partial charge in [-0.2, -0.15) is 18.3 Å². The molecule has 1 aliphatic rings. The number of hydrogen-bond donors (Lipinski definition) is 0. The van der Waals surface area contributed by atoms with E-state index >= 15 is 0 Å². The molecule has 0 saturated carbocycles. The Kier molecular flexibility index (Phi) is 4.84. The van der Waals surface area contributed by atoms with Crippen LogP contribution in [0.5, 0.6) is 0 Å². The van der Waals surface area contributed by atoms with E-state index in [0.717, 1.165) is 6.07 Å². The summed E-state index contributed by atoms with van der Waals surface area (Å²) < 4.78 is 39.7. The number of alkyl halides is 3.